The highest BCUT2D eigenvalue weighted by atomic mass is 35.5. The molecule has 1 aliphatic heterocycles. The first-order chi connectivity index (χ1) is 8.88. The first-order valence-electron chi connectivity index (χ1n) is 6.49. The fourth-order valence-electron chi connectivity index (χ4n) is 2.58. The zero-order chi connectivity index (χ0) is 14.2. The standard InChI is InChI=1S/C14H19Cl3N2/c1-8-7-19(3)9(2)4-13(8)18-14-6-11(16)10(15)5-12(14)17/h5-6,8-9,13,18H,4,7H2,1-3H3. The van der Waals surface area contributed by atoms with Crippen molar-refractivity contribution in [3.8, 4) is 0 Å². The Labute approximate surface area is 130 Å². The molecule has 106 valence electrons. The molecule has 0 amide bonds. The van der Waals surface area contributed by atoms with Crippen LogP contribution in [-0.4, -0.2) is 30.6 Å². The van der Waals surface area contributed by atoms with Gasteiger partial charge in [-0.05, 0) is 38.4 Å². The monoisotopic (exact) mass is 320 g/mol. The number of piperidine rings is 1. The van der Waals surface area contributed by atoms with E-state index in [4.69, 9.17) is 34.8 Å². The Morgan fingerprint density at radius 3 is 2.42 bits per heavy atom. The Morgan fingerprint density at radius 1 is 1.11 bits per heavy atom. The van der Waals surface area contributed by atoms with E-state index < -0.39 is 0 Å². The van der Waals surface area contributed by atoms with Crippen LogP contribution in [0, 0.1) is 5.92 Å². The van der Waals surface area contributed by atoms with Crippen molar-refractivity contribution in [1.29, 1.82) is 0 Å². The SMILES string of the molecule is CC1CN(C)C(C)CC1Nc1cc(Cl)c(Cl)cc1Cl. The fraction of sp³-hybridized carbons (Fsp3) is 0.571. The van der Waals surface area contributed by atoms with Crippen LogP contribution in [0.25, 0.3) is 0 Å². The lowest BCUT2D eigenvalue weighted by Gasteiger charge is -2.40. The Balaban J connectivity index is 2.15. The molecule has 1 aromatic rings. The average molecular weight is 322 g/mol. The van der Waals surface area contributed by atoms with Gasteiger partial charge in [0.05, 0.1) is 20.8 Å². The van der Waals surface area contributed by atoms with Crippen LogP contribution in [0.3, 0.4) is 0 Å². The molecule has 3 unspecified atom stereocenters. The van der Waals surface area contributed by atoms with E-state index in [0.717, 1.165) is 18.7 Å². The van der Waals surface area contributed by atoms with Gasteiger partial charge in [-0.25, -0.2) is 0 Å². The molecule has 1 N–H and O–H groups in total. The maximum Gasteiger partial charge on any atom is 0.0653 e. The third-order valence-electron chi connectivity index (χ3n) is 3.96. The molecular formula is C14H19Cl3N2. The van der Waals surface area contributed by atoms with Gasteiger partial charge in [0, 0.05) is 18.6 Å². The molecule has 0 saturated carbocycles. The van der Waals surface area contributed by atoms with E-state index in [1.54, 1.807) is 6.07 Å². The Kier molecular flexibility index (Phi) is 4.88. The highest BCUT2D eigenvalue weighted by Crippen LogP contribution is 2.34. The van der Waals surface area contributed by atoms with E-state index in [1.807, 2.05) is 6.07 Å². The zero-order valence-corrected chi connectivity index (χ0v) is 13.6. The van der Waals surface area contributed by atoms with Crippen LogP contribution in [0.5, 0.6) is 0 Å². The molecule has 0 bridgehead atoms. The van der Waals surface area contributed by atoms with Gasteiger partial charge in [-0.3, -0.25) is 0 Å². The number of hydrogen-bond donors (Lipinski definition) is 1. The molecule has 0 spiro atoms. The van der Waals surface area contributed by atoms with E-state index >= 15 is 0 Å². The molecule has 2 nitrogen and oxygen atoms in total. The van der Waals surface area contributed by atoms with E-state index in [0.29, 0.717) is 33.1 Å². The molecule has 1 saturated heterocycles. The third kappa shape index (κ3) is 3.49. The van der Waals surface area contributed by atoms with Crippen molar-refractivity contribution < 1.29 is 0 Å². The molecule has 0 radical (unpaired) electrons. The summed E-state index contributed by atoms with van der Waals surface area (Å²) in [7, 11) is 2.17. The van der Waals surface area contributed by atoms with Gasteiger partial charge in [0.2, 0.25) is 0 Å². The van der Waals surface area contributed by atoms with Gasteiger partial charge in [0.1, 0.15) is 0 Å². The smallest absolute Gasteiger partial charge is 0.0653 e. The summed E-state index contributed by atoms with van der Waals surface area (Å²) in [6, 6.07) is 4.47. The summed E-state index contributed by atoms with van der Waals surface area (Å²) in [5.41, 5.74) is 0.865. The fourth-order valence-corrected chi connectivity index (χ4v) is 3.18. The number of nitrogens with one attached hydrogen (secondary N) is 1. The molecule has 1 heterocycles. The number of hydrogen-bond acceptors (Lipinski definition) is 2. The second-order valence-electron chi connectivity index (χ2n) is 5.50. The first kappa shape index (κ1) is 15.2. The van der Waals surface area contributed by atoms with Crippen molar-refractivity contribution in [2.45, 2.75) is 32.4 Å². The predicted molar refractivity (Wildman–Crippen MR) is 84.8 cm³/mol. The Morgan fingerprint density at radius 2 is 1.74 bits per heavy atom. The molecule has 5 heteroatoms. The lowest BCUT2D eigenvalue weighted by Crippen LogP contribution is -2.48. The van der Waals surface area contributed by atoms with Gasteiger partial charge in [0.15, 0.2) is 0 Å². The second kappa shape index (κ2) is 6.09. The van der Waals surface area contributed by atoms with E-state index in [2.05, 4.69) is 31.1 Å². The van der Waals surface area contributed by atoms with Gasteiger partial charge in [-0.15, -0.1) is 0 Å². The summed E-state index contributed by atoms with van der Waals surface area (Å²) >= 11 is 18.2. The van der Waals surface area contributed by atoms with E-state index in [1.165, 1.54) is 0 Å². The number of rotatable bonds is 2. The van der Waals surface area contributed by atoms with Gasteiger partial charge in [-0.1, -0.05) is 41.7 Å². The van der Waals surface area contributed by atoms with Gasteiger partial charge in [0.25, 0.3) is 0 Å². The van der Waals surface area contributed by atoms with Crippen molar-refractivity contribution in [2.75, 3.05) is 18.9 Å². The summed E-state index contributed by atoms with van der Waals surface area (Å²) in [4.78, 5) is 2.39. The summed E-state index contributed by atoms with van der Waals surface area (Å²) in [5.74, 6) is 0.562. The van der Waals surface area contributed by atoms with Crippen LogP contribution in [0.15, 0.2) is 12.1 Å². The van der Waals surface area contributed by atoms with Crippen LogP contribution in [-0.2, 0) is 0 Å². The maximum atomic E-state index is 6.22. The minimum Gasteiger partial charge on any atom is -0.381 e. The Bertz CT molecular complexity index is 464. The third-order valence-corrected chi connectivity index (χ3v) is 5.00. The molecular weight excluding hydrogens is 303 g/mol. The highest BCUT2D eigenvalue weighted by Gasteiger charge is 2.29. The largest absolute Gasteiger partial charge is 0.381 e. The van der Waals surface area contributed by atoms with Crippen molar-refractivity contribution in [1.82, 2.24) is 4.90 Å². The quantitative estimate of drug-likeness (QED) is 0.788. The van der Waals surface area contributed by atoms with Crippen molar-refractivity contribution >= 4 is 40.5 Å². The van der Waals surface area contributed by atoms with E-state index in [9.17, 15) is 0 Å². The molecule has 1 aromatic carbocycles. The lowest BCUT2D eigenvalue weighted by atomic mass is 9.89. The van der Waals surface area contributed by atoms with Crippen LogP contribution < -0.4 is 5.32 Å². The number of anilines is 1. The van der Waals surface area contributed by atoms with Gasteiger partial charge >= 0.3 is 0 Å². The van der Waals surface area contributed by atoms with Crippen LogP contribution in [0.1, 0.15) is 20.3 Å². The minimum absolute atomic E-state index is 0.404. The number of benzene rings is 1. The molecule has 2 rings (SSSR count). The normalized spacial score (nSPS) is 28.4. The molecule has 0 aromatic heterocycles. The molecule has 0 aliphatic carbocycles. The maximum absolute atomic E-state index is 6.22. The van der Waals surface area contributed by atoms with Crippen LogP contribution in [0.2, 0.25) is 15.1 Å². The summed E-state index contributed by atoms with van der Waals surface area (Å²) in [5, 5.41) is 5.15. The van der Waals surface area contributed by atoms with Crippen molar-refractivity contribution in [3.05, 3.63) is 27.2 Å². The molecule has 1 aliphatic rings. The van der Waals surface area contributed by atoms with Crippen LogP contribution in [0.4, 0.5) is 5.69 Å². The summed E-state index contributed by atoms with van der Waals surface area (Å²) in [6.45, 7) is 5.58. The minimum atomic E-state index is 0.404. The number of nitrogens with zero attached hydrogens (tertiary/aromatic N) is 1. The average Bonchev–Trinajstić information content (AvgIpc) is 2.32. The van der Waals surface area contributed by atoms with Crippen molar-refractivity contribution in [3.63, 3.8) is 0 Å². The Hall–Kier alpha value is -0.150. The first-order valence-corrected chi connectivity index (χ1v) is 7.63. The topological polar surface area (TPSA) is 15.3 Å². The van der Waals surface area contributed by atoms with Crippen molar-refractivity contribution in [2.24, 2.45) is 5.92 Å². The lowest BCUT2D eigenvalue weighted by molar-refractivity contribution is 0.145. The second-order valence-corrected chi connectivity index (χ2v) is 6.72. The molecule has 1 fully saturated rings. The number of likely N-dealkylation sites (tertiary alicyclic amines) is 1. The van der Waals surface area contributed by atoms with E-state index in [-0.39, 0.29) is 0 Å². The van der Waals surface area contributed by atoms with Crippen LogP contribution >= 0.6 is 34.8 Å². The molecule has 19 heavy (non-hydrogen) atoms. The number of halogens is 3. The van der Waals surface area contributed by atoms with Gasteiger partial charge < -0.3 is 10.2 Å². The predicted octanol–water partition coefficient (Wildman–Crippen LogP) is 4.79. The molecule has 3 atom stereocenters. The highest BCUT2D eigenvalue weighted by molar-refractivity contribution is 6.44. The summed E-state index contributed by atoms with van der Waals surface area (Å²) < 4.78 is 0. The zero-order valence-electron chi connectivity index (χ0n) is 11.4. The van der Waals surface area contributed by atoms with Gasteiger partial charge in [-0.2, -0.15) is 0 Å². The summed E-state index contributed by atoms with van der Waals surface area (Å²) in [6.07, 6.45) is 1.09.